The molecule has 4 heteroatoms. The van der Waals surface area contributed by atoms with E-state index in [4.69, 9.17) is 9.15 Å². The van der Waals surface area contributed by atoms with Crippen molar-refractivity contribution in [2.75, 3.05) is 0 Å². The molecule has 1 aliphatic rings. The largest absolute Gasteiger partial charge is 0.490 e. The zero-order chi connectivity index (χ0) is 15.5. The van der Waals surface area contributed by atoms with Gasteiger partial charge in [0.25, 0.3) is 0 Å². The number of aromatic nitrogens is 1. The number of nitrogens with one attached hydrogen (secondary N) is 1. The van der Waals surface area contributed by atoms with Crippen molar-refractivity contribution in [2.24, 2.45) is 0 Å². The van der Waals surface area contributed by atoms with Crippen molar-refractivity contribution in [3.8, 4) is 5.75 Å². The van der Waals surface area contributed by atoms with Crippen LogP contribution in [0.1, 0.15) is 55.0 Å². The Kier molecular flexibility index (Phi) is 4.48. The van der Waals surface area contributed by atoms with Gasteiger partial charge in [-0.3, -0.25) is 4.98 Å². The molecule has 0 aromatic carbocycles. The van der Waals surface area contributed by atoms with Crippen molar-refractivity contribution in [1.29, 1.82) is 0 Å². The zero-order valence-corrected chi connectivity index (χ0v) is 13.6. The molecule has 1 unspecified atom stereocenters. The minimum absolute atomic E-state index is 0.232. The van der Waals surface area contributed by atoms with E-state index in [0.29, 0.717) is 12.6 Å². The molecule has 118 valence electrons. The van der Waals surface area contributed by atoms with Crippen LogP contribution in [0.25, 0.3) is 0 Å². The topological polar surface area (TPSA) is 47.3 Å². The highest BCUT2D eigenvalue weighted by Crippen LogP contribution is 2.25. The Hall–Kier alpha value is -1.81. The molecule has 1 saturated carbocycles. The monoisotopic (exact) mass is 300 g/mol. The Morgan fingerprint density at radius 3 is 2.82 bits per heavy atom. The van der Waals surface area contributed by atoms with E-state index in [0.717, 1.165) is 23.0 Å². The second-order valence-corrected chi connectivity index (χ2v) is 6.12. The van der Waals surface area contributed by atoms with Crippen LogP contribution in [0.3, 0.4) is 0 Å². The first-order valence-electron chi connectivity index (χ1n) is 8.03. The van der Waals surface area contributed by atoms with Crippen LogP contribution in [0, 0.1) is 13.8 Å². The van der Waals surface area contributed by atoms with Gasteiger partial charge in [0.05, 0.1) is 11.8 Å². The average molecular weight is 300 g/mol. The molecule has 0 amide bonds. The third-order valence-electron chi connectivity index (χ3n) is 4.28. The first-order chi connectivity index (χ1) is 10.6. The molecule has 1 fully saturated rings. The third kappa shape index (κ3) is 3.50. The van der Waals surface area contributed by atoms with E-state index < -0.39 is 0 Å². The molecule has 0 saturated heterocycles. The van der Waals surface area contributed by atoms with E-state index in [9.17, 15) is 0 Å². The molecule has 2 aromatic heterocycles. The Morgan fingerprint density at radius 1 is 1.36 bits per heavy atom. The quantitative estimate of drug-likeness (QED) is 0.873. The Balaban J connectivity index is 1.58. The van der Waals surface area contributed by atoms with Crippen LogP contribution >= 0.6 is 0 Å². The number of rotatable bonds is 6. The normalized spacial score (nSPS) is 16.3. The van der Waals surface area contributed by atoms with Gasteiger partial charge in [-0.25, -0.2) is 0 Å². The standard InChI is InChI=1S/C18H24N2O2/c1-12-9-18(14(3)21-12)13(2)20-11-15-10-17(7-8-19-15)22-16-5-4-6-16/h7-10,13,16,20H,4-6,11H2,1-3H3. The summed E-state index contributed by atoms with van der Waals surface area (Å²) in [5.74, 6) is 2.86. The molecule has 1 N–H and O–H groups in total. The van der Waals surface area contributed by atoms with Gasteiger partial charge in [-0.2, -0.15) is 0 Å². The smallest absolute Gasteiger partial charge is 0.123 e. The van der Waals surface area contributed by atoms with E-state index in [-0.39, 0.29) is 6.04 Å². The lowest BCUT2D eigenvalue weighted by Crippen LogP contribution is -2.24. The van der Waals surface area contributed by atoms with E-state index in [1.807, 2.05) is 32.2 Å². The number of ether oxygens (including phenoxy) is 1. The highest BCUT2D eigenvalue weighted by molar-refractivity contribution is 5.25. The van der Waals surface area contributed by atoms with Crippen LogP contribution < -0.4 is 10.1 Å². The van der Waals surface area contributed by atoms with Crippen LogP contribution in [-0.4, -0.2) is 11.1 Å². The maximum Gasteiger partial charge on any atom is 0.123 e. The van der Waals surface area contributed by atoms with Crippen LogP contribution in [-0.2, 0) is 6.54 Å². The maximum absolute atomic E-state index is 5.92. The summed E-state index contributed by atoms with van der Waals surface area (Å²) < 4.78 is 11.5. The summed E-state index contributed by atoms with van der Waals surface area (Å²) in [5.41, 5.74) is 2.21. The molecular weight excluding hydrogens is 276 g/mol. The predicted molar refractivity (Wildman–Crippen MR) is 85.9 cm³/mol. The van der Waals surface area contributed by atoms with Gasteiger partial charge in [0, 0.05) is 30.4 Å². The minimum Gasteiger partial charge on any atom is -0.490 e. The fraction of sp³-hybridized carbons (Fsp3) is 0.500. The molecule has 2 heterocycles. The van der Waals surface area contributed by atoms with Crippen molar-refractivity contribution in [3.05, 3.63) is 47.2 Å². The predicted octanol–water partition coefficient (Wildman–Crippen LogP) is 4.07. The molecule has 0 spiro atoms. The van der Waals surface area contributed by atoms with Crippen molar-refractivity contribution >= 4 is 0 Å². The molecule has 0 bridgehead atoms. The van der Waals surface area contributed by atoms with E-state index in [1.165, 1.54) is 24.8 Å². The lowest BCUT2D eigenvalue weighted by atomic mass is 9.96. The fourth-order valence-corrected chi connectivity index (χ4v) is 2.76. The lowest BCUT2D eigenvalue weighted by Gasteiger charge is -2.26. The summed E-state index contributed by atoms with van der Waals surface area (Å²) in [6.45, 7) is 6.84. The summed E-state index contributed by atoms with van der Waals surface area (Å²) in [4.78, 5) is 4.42. The van der Waals surface area contributed by atoms with E-state index in [1.54, 1.807) is 0 Å². The number of nitrogens with zero attached hydrogens (tertiary/aromatic N) is 1. The summed E-state index contributed by atoms with van der Waals surface area (Å²) in [7, 11) is 0. The molecule has 22 heavy (non-hydrogen) atoms. The molecule has 2 aromatic rings. The Bertz CT molecular complexity index is 632. The summed E-state index contributed by atoms with van der Waals surface area (Å²) in [6.07, 6.45) is 5.85. The van der Waals surface area contributed by atoms with Crippen LogP contribution in [0.4, 0.5) is 0 Å². The molecule has 0 radical (unpaired) electrons. The lowest BCUT2D eigenvalue weighted by molar-refractivity contribution is 0.120. The first-order valence-corrected chi connectivity index (χ1v) is 8.03. The molecular formula is C18H24N2O2. The van der Waals surface area contributed by atoms with Gasteiger partial charge >= 0.3 is 0 Å². The molecule has 0 aliphatic heterocycles. The molecule has 4 nitrogen and oxygen atoms in total. The highest BCUT2D eigenvalue weighted by atomic mass is 16.5. The number of pyridine rings is 1. The van der Waals surface area contributed by atoms with Crippen molar-refractivity contribution < 1.29 is 9.15 Å². The van der Waals surface area contributed by atoms with Gasteiger partial charge in [0.2, 0.25) is 0 Å². The average Bonchev–Trinajstić information content (AvgIpc) is 2.80. The van der Waals surface area contributed by atoms with Gasteiger partial charge in [0.15, 0.2) is 0 Å². The Morgan fingerprint density at radius 2 is 2.18 bits per heavy atom. The van der Waals surface area contributed by atoms with Crippen molar-refractivity contribution in [2.45, 2.75) is 58.7 Å². The highest BCUT2D eigenvalue weighted by Gasteiger charge is 2.19. The second-order valence-electron chi connectivity index (χ2n) is 6.12. The van der Waals surface area contributed by atoms with Crippen LogP contribution in [0.5, 0.6) is 5.75 Å². The van der Waals surface area contributed by atoms with Gasteiger partial charge in [-0.1, -0.05) is 0 Å². The summed E-state index contributed by atoms with van der Waals surface area (Å²) in [6, 6.07) is 6.30. The maximum atomic E-state index is 5.92. The Labute approximate surface area is 131 Å². The zero-order valence-electron chi connectivity index (χ0n) is 13.6. The molecule has 1 atom stereocenters. The summed E-state index contributed by atoms with van der Waals surface area (Å²) in [5, 5.41) is 3.50. The number of hydrogen-bond acceptors (Lipinski definition) is 4. The van der Waals surface area contributed by atoms with E-state index >= 15 is 0 Å². The van der Waals surface area contributed by atoms with Crippen LogP contribution in [0.15, 0.2) is 28.8 Å². The SMILES string of the molecule is Cc1cc(C(C)NCc2cc(OC3CCC3)ccn2)c(C)o1. The first kappa shape index (κ1) is 15.1. The minimum atomic E-state index is 0.232. The van der Waals surface area contributed by atoms with Crippen molar-refractivity contribution in [3.63, 3.8) is 0 Å². The number of aryl methyl sites for hydroxylation is 2. The van der Waals surface area contributed by atoms with Crippen LogP contribution in [0.2, 0.25) is 0 Å². The van der Waals surface area contributed by atoms with Gasteiger partial charge in [-0.05, 0) is 52.2 Å². The second kappa shape index (κ2) is 6.53. The third-order valence-corrected chi connectivity index (χ3v) is 4.28. The molecule has 1 aliphatic carbocycles. The van der Waals surface area contributed by atoms with Gasteiger partial charge in [-0.15, -0.1) is 0 Å². The number of furan rings is 1. The summed E-state index contributed by atoms with van der Waals surface area (Å²) >= 11 is 0. The molecule has 3 rings (SSSR count). The van der Waals surface area contributed by atoms with Gasteiger partial charge < -0.3 is 14.5 Å². The van der Waals surface area contributed by atoms with Gasteiger partial charge in [0.1, 0.15) is 17.3 Å². The van der Waals surface area contributed by atoms with Crippen molar-refractivity contribution in [1.82, 2.24) is 10.3 Å². The number of hydrogen-bond donors (Lipinski definition) is 1. The fourth-order valence-electron chi connectivity index (χ4n) is 2.76. The van der Waals surface area contributed by atoms with E-state index in [2.05, 4.69) is 23.3 Å².